The number of hydrogen-bond acceptors (Lipinski definition) is 6. The molecule has 1 N–H and O–H groups in total. The number of sulfone groups is 1. The Labute approximate surface area is 157 Å². The smallest absolute Gasteiger partial charge is 0.180 e. The molecule has 1 aliphatic rings. The average Bonchev–Trinajstić information content (AvgIpc) is 2.70. The lowest BCUT2D eigenvalue weighted by molar-refractivity contribution is -0.203. The van der Waals surface area contributed by atoms with E-state index in [1.165, 1.54) is 25.3 Å². The van der Waals surface area contributed by atoms with Gasteiger partial charge in [0.2, 0.25) is 0 Å². The van der Waals surface area contributed by atoms with Gasteiger partial charge in [-0.05, 0) is 30.9 Å². The fraction of sp³-hybridized carbons (Fsp3) is 0.684. The molecule has 1 heterocycles. The van der Waals surface area contributed by atoms with Crippen LogP contribution in [-0.4, -0.2) is 44.2 Å². The molecule has 2 atom stereocenters. The second-order valence-electron chi connectivity index (χ2n) is 6.95. The lowest BCUT2D eigenvalue weighted by Crippen LogP contribution is -2.51. The van der Waals surface area contributed by atoms with Crippen LogP contribution in [0.2, 0.25) is 0 Å². The summed E-state index contributed by atoms with van der Waals surface area (Å²) in [5, 5.41) is 12.5. The maximum absolute atomic E-state index is 13.3. The molecule has 2 unspecified atom stereocenters. The van der Waals surface area contributed by atoms with E-state index in [-0.39, 0.29) is 10.6 Å². The average molecular weight is 386 g/mol. The van der Waals surface area contributed by atoms with Crippen LogP contribution in [-0.2, 0) is 9.84 Å². The lowest BCUT2D eigenvalue weighted by atomic mass is 9.88. The van der Waals surface area contributed by atoms with E-state index in [9.17, 15) is 13.6 Å². The zero-order valence-corrected chi connectivity index (χ0v) is 17.2. The summed E-state index contributed by atoms with van der Waals surface area (Å²) < 4.78 is 37.2. The molecule has 1 aliphatic heterocycles. The largest absolute Gasteiger partial charge is 0.493 e. The molecule has 0 bridgehead atoms. The van der Waals surface area contributed by atoms with Crippen LogP contribution in [0.15, 0.2) is 17.0 Å². The van der Waals surface area contributed by atoms with E-state index in [0.29, 0.717) is 36.3 Å². The van der Waals surface area contributed by atoms with Gasteiger partial charge in [-0.2, -0.15) is 5.06 Å². The van der Waals surface area contributed by atoms with Crippen LogP contribution in [0.1, 0.15) is 64.5 Å². The first-order valence-electron chi connectivity index (χ1n) is 9.27. The minimum absolute atomic E-state index is 0.105. The van der Waals surface area contributed by atoms with Crippen molar-refractivity contribution in [3.05, 3.63) is 17.7 Å². The highest BCUT2D eigenvalue weighted by Crippen LogP contribution is 2.45. The lowest BCUT2D eigenvalue weighted by Gasteiger charge is -2.41. The highest BCUT2D eigenvalue weighted by atomic mass is 32.2. The molecule has 2 rings (SSSR count). The molecule has 0 aliphatic carbocycles. The summed E-state index contributed by atoms with van der Waals surface area (Å²) in [6, 6.07) is 2.80. The van der Waals surface area contributed by atoms with E-state index in [0.717, 1.165) is 12.8 Å². The normalized spacial score (nSPS) is 25.4. The molecule has 1 aromatic carbocycles. The predicted molar refractivity (Wildman–Crippen MR) is 101 cm³/mol. The van der Waals surface area contributed by atoms with Crippen molar-refractivity contribution < 1.29 is 23.1 Å². The van der Waals surface area contributed by atoms with E-state index >= 15 is 0 Å². The van der Waals surface area contributed by atoms with Crippen LogP contribution < -0.4 is 9.47 Å². The van der Waals surface area contributed by atoms with Crippen molar-refractivity contribution in [2.75, 3.05) is 20.0 Å². The number of unbranched alkanes of at least 4 members (excludes halogenated alkanes) is 1. The number of methoxy groups -OCH3 is 2. The van der Waals surface area contributed by atoms with Gasteiger partial charge in [-0.15, -0.1) is 0 Å². The predicted octanol–water partition coefficient (Wildman–Crippen LogP) is 3.97. The fourth-order valence-electron chi connectivity index (χ4n) is 3.89. The van der Waals surface area contributed by atoms with Crippen molar-refractivity contribution in [1.29, 1.82) is 0 Å². The van der Waals surface area contributed by atoms with Crippen molar-refractivity contribution in [2.24, 2.45) is 0 Å². The number of rotatable bonds is 7. The summed E-state index contributed by atoms with van der Waals surface area (Å²) in [6.07, 6.45) is 3.58. The quantitative estimate of drug-likeness (QED) is 0.765. The van der Waals surface area contributed by atoms with Gasteiger partial charge in [0.05, 0.1) is 36.4 Å². The van der Waals surface area contributed by atoms with E-state index < -0.39 is 21.4 Å². The summed E-state index contributed by atoms with van der Waals surface area (Å²) in [4.78, 5) is 0.230. The Kier molecular flexibility index (Phi) is 6.58. The molecule has 0 radical (unpaired) electrons. The first-order valence-corrected chi connectivity index (χ1v) is 10.9. The number of ether oxygens (including phenoxy) is 2. The minimum atomic E-state index is -3.60. The Morgan fingerprint density at radius 1 is 1.19 bits per heavy atom. The van der Waals surface area contributed by atoms with Gasteiger partial charge in [-0.25, -0.2) is 8.42 Å². The molecule has 7 heteroatoms. The van der Waals surface area contributed by atoms with E-state index in [1.807, 2.05) is 13.8 Å². The van der Waals surface area contributed by atoms with Gasteiger partial charge >= 0.3 is 0 Å². The monoisotopic (exact) mass is 385 g/mol. The van der Waals surface area contributed by atoms with E-state index in [2.05, 4.69) is 6.92 Å². The van der Waals surface area contributed by atoms with Crippen molar-refractivity contribution >= 4 is 9.84 Å². The molecular formula is C19H31NO5S. The van der Waals surface area contributed by atoms with Crippen molar-refractivity contribution in [3.8, 4) is 11.5 Å². The molecule has 0 fully saturated rings. The van der Waals surface area contributed by atoms with Crippen LogP contribution >= 0.6 is 0 Å². The number of hydroxylamine groups is 2. The Morgan fingerprint density at radius 3 is 2.31 bits per heavy atom. The van der Waals surface area contributed by atoms with Crippen molar-refractivity contribution in [3.63, 3.8) is 0 Å². The molecule has 0 saturated heterocycles. The molecule has 1 aromatic rings. The maximum Gasteiger partial charge on any atom is 0.180 e. The Morgan fingerprint density at radius 2 is 1.81 bits per heavy atom. The van der Waals surface area contributed by atoms with Gasteiger partial charge in [-0.3, -0.25) is 0 Å². The Hall–Kier alpha value is -1.31. The van der Waals surface area contributed by atoms with Gasteiger partial charge in [-0.1, -0.05) is 33.6 Å². The molecule has 6 nitrogen and oxygen atoms in total. The van der Waals surface area contributed by atoms with E-state index in [1.54, 1.807) is 6.07 Å². The molecule has 26 heavy (non-hydrogen) atoms. The van der Waals surface area contributed by atoms with Gasteiger partial charge < -0.3 is 14.7 Å². The third-order valence-electron chi connectivity index (χ3n) is 5.49. The molecule has 0 saturated carbocycles. The SMILES string of the molecule is CCCCC1(CC)CS(=O)(=O)c2cc(OC)c(OC)cc2C(CC)N1O. The number of benzene rings is 1. The third-order valence-corrected chi connectivity index (χ3v) is 7.43. The van der Waals surface area contributed by atoms with Gasteiger partial charge in [0, 0.05) is 6.07 Å². The number of fused-ring (bicyclic) bond motifs is 1. The molecule has 0 amide bonds. The Bertz CT molecular complexity index is 734. The molecule has 0 aromatic heterocycles. The first-order chi connectivity index (χ1) is 12.3. The highest BCUT2D eigenvalue weighted by Gasteiger charge is 2.47. The van der Waals surface area contributed by atoms with Crippen LogP contribution in [0.3, 0.4) is 0 Å². The van der Waals surface area contributed by atoms with Crippen LogP contribution in [0, 0.1) is 0 Å². The molecular weight excluding hydrogens is 354 g/mol. The zero-order chi connectivity index (χ0) is 19.5. The van der Waals surface area contributed by atoms with Crippen LogP contribution in [0.25, 0.3) is 0 Å². The Balaban J connectivity index is 2.73. The second kappa shape index (κ2) is 8.15. The zero-order valence-electron chi connectivity index (χ0n) is 16.4. The fourth-order valence-corrected chi connectivity index (χ4v) is 6.08. The van der Waals surface area contributed by atoms with Crippen LogP contribution in [0.5, 0.6) is 11.5 Å². The number of hydrogen-bond donors (Lipinski definition) is 1. The summed E-state index contributed by atoms with van der Waals surface area (Å²) in [5.74, 6) is 0.740. The summed E-state index contributed by atoms with van der Waals surface area (Å²) in [6.45, 7) is 5.96. The van der Waals surface area contributed by atoms with Gasteiger partial charge in [0.1, 0.15) is 0 Å². The van der Waals surface area contributed by atoms with Crippen LogP contribution in [0.4, 0.5) is 0 Å². The van der Waals surface area contributed by atoms with Crippen molar-refractivity contribution in [1.82, 2.24) is 5.06 Å². The summed E-state index contributed by atoms with van der Waals surface area (Å²) in [7, 11) is -0.594. The standard InChI is InChI=1S/C19H31NO5S/c1-6-9-10-19(8-3)13-26(22,23)18-12-17(25-5)16(24-4)11-14(18)15(7-2)20(19)21/h11-12,15,21H,6-10,13H2,1-5H3. The highest BCUT2D eigenvalue weighted by molar-refractivity contribution is 7.91. The van der Waals surface area contributed by atoms with Gasteiger partial charge in [0.15, 0.2) is 21.3 Å². The molecule has 0 spiro atoms. The number of nitrogens with zero attached hydrogens (tertiary/aromatic N) is 1. The summed E-state index contributed by atoms with van der Waals surface area (Å²) in [5.41, 5.74) is -0.228. The first kappa shape index (κ1) is 21.0. The topological polar surface area (TPSA) is 76.1 Å². The van der Waals surface area contributed by atoms with Crippen molar-refractivity contribution in [2.45, 2.75) is 69.4 Å². The second-order valence-corrected chi connectivity index (χ2v) is 8.91. The maximum atomic E-state index is 13.3. The van der Waals surface area contributed by atoms with Gasteiger partial charge in [0.25, 0.3) is 0 Å². The molecule has 148 valence electrons. The van der Waals surface area contributed by atoms with E-state index in [4.69, 9.17) is 9.47 Å². The minimum Gasteiger partial charge on any atom is -0.493 e. The summed E-state index contributed by atoms with van der Waals surface area (Å²) >= 11 is 0. The third kappa shape index (κ3) is 3.57.